The highest BCUT2D eigenvalue weighted by Gasteiger charge is 2.10. The van der Waals surface area contributed by atoms with Crippen molar-refractivity contribution in [2.24, 2.45) is 0 Å². The number of carbonyl (C=O) groups is 2. The van der Waals surface area contributed by atoms with E-state index in [1.54, 1.807) is 12.1 Å². The van der Waals surface area contributed by atoms with Gasteiger partial charge in [-0.05, 0) is 37.3 Å². The summed E-state index contributed by atoms with van der Waals surface area (Å²) in [6.07, 6.45) is 0. The molecule has 2 rings (SSSR count). The highest BCUT2D eigenvalue weighted by Crippen LogP contribution is 2.22. The fraction of sp³-hybridized carbons (Fsp3) is 0.0667. The van der Waals surface area contributed by atoms with Crippen molar-refractivity contribution in [1.29, 1.82) is 0 Å². The average Bonchev–Trinajstić information content (AvgIpc) is 2.48. The first-order valence-corrected chi connectivity index (χ1v) is 6.85. The number of nitrogens with one attached hydrogen (secondary N) is 2. The molecular formula is C15H12Cl2N2O2. The molecule has 2 aromatic rings. The molecular weight excluding hydrogens is 311 g/mol. The van der Waals surface area contributed by atoms with E-state index in [0.29, 0.717) is 16.1 Å². The molecule has 2 N–H and O–H groups in total. The number of carbonyl (C=O) groups excluding carboxylic acids is 2. The number of aryl methyl sites for hydroxylation is 1. The number of benzene rings is 2. The van der Waals surface area contributed by atoms with Crippen molar-refractivity contribution >= 4 is 35.0 Å². The van der Waals surface area contributed by atoms with Gasteiger partial charge in [-0.1, -0.05) is 40.9 Å². The monoisotopic (exact) mass is 322 g/mol. The van der Waals surface area contributed by atoms with Crippen LogP contribution < -0.4 is 10.9 Å². The smallest absolute Gasteiger partial charge is 0.267 e. The van der Waals surface area contributed by atoms with Crippen LogP contribution in [-0.4, -0.2) is 11.8 Å². The van der Waals surface area contributed by atoms with Crippen LogP contribution in [-0.2, 0) is 0 Å². The molecule has 2 amide bonds. The number of rotatable bonds is 2. The van der Waals surface area contributed by atoms with E-state index in [-0.39, 0.29) is 5.02 Å². The third kappa shape index (κ3) is 3.97. The predicted octanol–water partition coefficient (Wildman–Crippen LogP) is 3.38. The summed E-state index contributed by atoms with van der Waals surface area (Å²) in [6, 6.07) is 11.4. The quantitative estimate of drug-likeness (QED) is 0.833. The van der Waals surface area contributed by atoms with E-state index >= 15 is 0 Å². The van der Waals surface area contributed by atoms with E-state index in [4.69, 9.17) is 23.2 Å². The predicted molar refractivity (Wildman–Crippen MR) is 82.6 cm³/mol. The van der Waals surface area contributed by atoms with Crippen molar-refractivity contribution < 1.29 is 9.59 Å². The molecule has 0 aromatic heterocycles. The van der Waals surface area contributed by atoms with Gasteiger partial charge >= 0.3 is 0 Å². The van der Waals surface area contributed by atoms with Crippen molar-refractivity contribution in [2.45, 2.75) is 6.92 Å². The van der Waals surface area contributed by atoms with Crippen molar-refractivity contribution in [1.82, 2.24) is 10.9 Å². The molecule has 0 aliphatic heterocycles. The molecule has 0 saturated heterocycles. The van der Waals surface area contributed by atoms with Gasteiger partial charge in [-0.15, -0.1) is 0 Å². The van der Waals surface area contributed by atoms with Crippen LogP contribution in [0.25, 0.3) is 0 Å². The Balaban J connectivity index is 1.98. The Bertz CT molecular complexity index is 685. The van der Waals surface area contributed by atoms with E-state index in [0.717, 1.165) is 5.56 Å². The van der Waals surface area contributed by atoms with E-state index < -0.39 is 11.8 Å². The Morgan fingerprint density at radius 1 is 0.810 bits per heavy atom. The van der Waals surface area contributed by atoms with Gasteiger partial charge in [-0.2, -0.15) is 0 Å². The van der Waals surface area contributed by atoms with Crippen LogP contribution in [0, 0.1) is 6.92 Å². The molecule has 0 aliphatic rings. The summed E-state index contributed by atoms with van der Waals surface area (Å²) < 4.78 is 0. The molecule has 0 aliphatic carbocycles. The number of hydrogen-bond donors (Lipinski definition) is 2. The molecule has 0 heterocycles. The van der Waals surface area contributed by atoms with Gasteiger partial charge in [0.15, 0.2) is 0 Å². The lowest BCUT2D eigenvalue weighted by Gasteiger charge is -2.08. The van der Waals surface area contributed by atoms with Crippen LogP contribution in [0.3, 0.4) is 0 Å². The molecule has 2 aromatic carbocycles. The third-order valence-electron chi connectivity index (χ3n) is 2.79. The number of hydrazine groups is 1. The maximum atomic E-state index is 11.9. The zero-order valence-corrected chi connectivity index (χ0v) is 12.6. The summed E-state index contributed by atoms with van der Waals surface area (Å²) in [5.41, 5.74) is 6.46. The van der Waals surface area contributed by atoms with Gasteiger partial charge in [-0.3, -0.25) is 20.4 Å². The van der Waals surface area contributed by atoms with Crippen LogP contribution in [0.1, 0.15) is 26.3 Å². The van der Waals surface area contributed by atoms with Crippen LogP contribution in [0.5, 0.6) is 0 Å². The number of amides is 2. The van der Waals surface area contributed by atoms with Crippen molar-refractivity contribution in [3.8, 4) is 0 Å². The van der Waals surface area contributed by atoms with Gasteiger partial charge in [0.1, 0.15) is 0 Å². The highest BCUT2D eigenvalue weighted by molar-refractivity contribution is 6.42. The zero-order chi connectivity index (χ0) is 15.4. The molecule has 21 heavy (non-hydrogen) atoms. The maximum Gasteiger partial charge on any atom is 0.269 e. The van der Waals surface area contributed by atoms with Gasteiger partial charge in [0.2, 0.25) is 0 Å². The van der Waals surface area contributed by atoms with Crippen molar-refractivity contribution in [3.63, 3.8) is 0 Å². The second-order valence-corrected chi connectivity index (χ2v) is 5.22. The molecule has 0 atom stereocenters. The van der Waals surface area contributed by atoms with Crippen LogP contribution >= 0.6 is 23.2 Å². The summed E-state index contributed by atoms with van der Waals surface area (Å²) in [7, 11) is 0. The Labute approximate surface area is 132 Å². The molecule has 108 valence electrons. The van der Waals surface area contributed by atoms with E-state index in [2.05, 4.69) is 10.9 Å². The normalized spacial score (nSPS) is 10.0. The van der Waals surface area contributed by atoms with Gasteiger partial charge in [-0.25, -0.2) is 0 Å². The number of halogens is 2. The Morgan fingerprint density at radius 3 is 1.90 bits per heavy atom. The fourth-order valence-electron chi connectivity index (χ4n) is 1.60. The van der Waals surface area contributed by atoms with Crippen molar-refractivity contribution in [3.05, 3.63) is 69.2 Å². The Kier molecular flexibility index (Phi) is 4.83. The SMILES string of the molecule is Cc1ccc(C(=O)NNC(=O)c2ccc(Cl)c(Cl)c2)cc1. The minimum absolute atomic E-state index is 0.272. The van der Waals surface area contributed by atoms with Gasteiger partial charge in [0.05, 0.1) is 10.0 Å². The third-order valence-corrected chi connectivity index (χ3v) is 3.52. The minimum Gasteiger partial charge on any atom is -0.267 e. The molecule has 4 nitrogen and oxygen atoms in total. The topological polar surface area (TPSA) is 58.2 Å². The molecule has 0 saturated carbocycles. The first-order valence-electron chi connectivity index (χ1n) is 6.10. The standard InChI is InChI=1S/C15H12Cl2N2O2/c1-9-2-4-10(5-3-9)14(20)18-19-15(21)11-6-7-12(16)13(17)8-11/h2-8H,1H3,(H,18,20)(H,19,21). The van der Waals surface area contributed by atoms with E-state index in [9.17, 15) is 9.59 Å². The summed E-state index contributed by atoms with van der Waals surface area (Å²) in [4.78, 5) is 23.7. The second-order valence-electron chi connectivity index (χ2n) is 4.40. The van der Waals surface area contributed by atoms with E-state index in [1.165, 1.54) is 18.2 Å². The molecule has 0 bridgehead atoms. The Morgan fingerprint density at radius 2 is 1.33 bits per heavy atom. The van der Waals surface area contributed by atoms with Gasteiger partial charge < -0.3 is 0 Å². The molecule has 0 unspecified atom stereocenters. The first kappa shape index (κ1) is 15.4. The van der Waals surface area contributed by atoms with Crippen molar-refractivity contribution in [2.75, 3.05) is 0 Å². The summed E-state index contributed by atoms with van der Waals surface area (Å²) in [5, 5.41) is 0.631. The summed E-state index contributed by atoms with van der Waals surface area (Å²) in [6.45, 7) is 1.92. The summed E-state index contributed by atoms with van der Waals surface area (Å²) >= 11 is 11.6. The Hall–Kier alpha value is -2.04. The first-order chi connectivity index (χ1) is 9.97. The van der Waals surface area contributed by atoms with Gasteiger partial charge in [0, 0.05) is 11.1 Å². The molecule has 0 fully saturated rings. The number of hydrogen-bond acceptors (Lipinski definition) is 2. The molecule has 0 spiro atoms. The lowest BCUT2D eigenvalue weighted by molar-refractivity contribution is 0.0846. The van der Waals surface area contributed by atoms with Crippen LogP contribution in [0.15, 0.2) is 42.5 Å². The zero-order valence-electron chi connectivity index (χ0n) is 11.1. The minimum atomic E-state index is -0.478. The lowest BCUT2D eigenvalue weighted by atomic mass is 10.1. The highest BCUT2D eigenvalue weighted by atomic mass is 35.5. The largest absolute Gasteiger partial charge is 0.269 e. The van der Waals surface area contributed by atoms with Crippen LogP contribution in [0.2, 0.25) is 10.0 Å². The lowest BCUT2D eigenvalue weighted by Crippen LogP contribution is -2.41. The summed E-state index contributed by atoms with van der Waals surface area (Å²) in [5.74, 6) is -0.877. The fourth-order valence-corrected chi connectivity index (χ4v) is 1.90. The van der Waals surface area contributed by atoms with Gasteiger partial charge in [0.25, 0.3) is 11.8 Å². The second kappa shape index (κ2) is 6.61. The average molecular weight is 323 g/mol. The molecule has 6 heteroatoms. The molecule has 0 radical (unpaired) electrons. The maximum absolute atomic E-state index is 11.9. The van der Waals surface area contributed by atoms with Crippen LogP contribution in [0.4, 0.5) is 0 Å². The van der Waals surface area contributed by atoms with E-state index in [1.807, 2.05) is 19.1 Å².